The maximum Gasteiger partial charge on any atom is 0.164 e. The minimum atomic E-state index is -0.699. The van der Waals surface area contributed by atoms with Crippen LogP contribution >= 0.6 is 0 Å². The fourth-order valence-electron chi connectivity index (χ4n) is 5.64. The van der Waals surface area contributed by atoms with E-state index >= 15 is 0 Å². The quantitative estimate of drug-likeness (QED) is 0.209. The predicted molar refractivity (Wildman–Crippen MR) is 179 cm³/mol. The Morgan fingerprint density at radius 1 is 0.545 bits per heavy atom. The largest absolute Gasteiger partial charge is 0.307 e. The summed E-state index contributed by atoms with van der Waals surface area (Å²) >= 11 is 0. The molecule has 0 atom stereocenters. The van der Waals surface area contributed by atoms with Gasteiger partial charge in [0, 0.05) is 39.5 Å². The molecule has 4 aromatic heterocycles. The van der Waals surface area contributed by atoms with Crippen LogP contribution in [0.4, 0.5) is 0 Å². The summed E-state index contributed by atoms with van der Waals surface area (Å²) in [6, 6.07) is 8.99. The fraction of sp³-hybridized carbons (Fsp3) is 0. The van der Waals surface area contributed by atoms with E-state index in [2.05, 4.69) is 4.98 Å². The van der Waals surface area contributed by atoms with Crippen LogP contribution < -0.4 is 0 Å². The smallest absolute Gasteiger partial charge is 0.164 e. The molecule has 4 heterocycles. The van der Waals surface area contributed by atoms with Gasteiger partial charge in [0.05, 0.1) is 58.2 Å². The van der Waals surface area contributed by atoms with E-state index in [0.29, 0.717) is 22.3 Å². The maximum atomic E-state index is 9.63. The molecular formula is C39H25N5. The van der Waals surface area contributed by atoms with Gasteiger partial charge in [-0.05, 0) is 42.4 Å². The molecule has 9 aromatic rings. The molecule has 206 valence electrons. The maximum absolute atomic E-state index is 9.63. The van der Waals surface area contributed by atoms with Gasteiger partial charge in [-0.15, -0.1) is 0 Å². The van der Waals surface area contributed by atoms with Crippen molar-refractivity contribution in [3.8, 4) is 34.2 Å². The second-order valence-electron chi connectivity index (χ2n) is 9.87. The zero-order chi connectivity index (χ0) is 41.2. The Kier molecular flexibility index (Phi) is 3.19. The normalized spacial score (nSPS) is 16.1. The van der Waals surface area contributed by atoms with Crippen molar-refractivity contribution in [3.63, 3.8) is 0 Å². The van der Waals surface area contributed by atoms with Gasteiger partial charge < -0.3 is 4.57 Å². The molecule has 0 aliphatic heterocycles. The van der Waals surface area contributed by atoms with Crippen LogP contribution in [0.3, 0.4) is 0 Å². The highest BCUT2D eigenvalue weighted by molar-refractivity contribution is 6.09. The molecule has 0 amide bonds. The lowest BCUT2D eigenvalue weighted by Crippen LogP contribution is -2.04. The molecule has 44 heavy (non-hydrogen) atoms. The lowest BCUT2D eigenvalue weighted by atomic mass is 10.1. The third kappa shape index (κ3) is 3.69. The lowest BCUT2D eigenvalue weighted by Gasteiger charge is -2.15. The van der Waals surface area contributed by atoms with Gasteiger partial charge in [0.1, 0.15) is 5.82 Å². The lowest BCUT2D eigenvalue weighted by molar-refractivity contribution is 1.04. The molecule has 9 rings (SSSR count). The second kappa shape index (κ2) is 9.75. The van der Waals surface area contributed by atoms with Gasteiger partial charge in [-0.3, -0.25) is 9.55 Å². The summed E-state index contributed by atoms with van der Waals surface area (Å²) in [5.74, 6) is -0.588. The summed E-state index contributed by atoms with van der Waals surface area (Å²) in [5.41, 5.74) is 1.49. The molecule has 0 saturated carbocycles. The van der Waals surface area contributed by atoms with E-state index in [1.165, 1.54) is 0 Å². The van der Waals surface area contributed by atoms with E-state index in [-0.39, 0.29) is 27.6 Å². The Balaban J connectivity index is 1.50. The number of benzene rings is 5. The Hall–Kier alpha value is -6.07. The highest BCUT2D eigenvalue weighted by Crippen LogP contribution is 2.37. The zero-order valence-electron chi connectivity index (χ0n) is 36.6. The van der Waals surface area contributed by atoms with Crippen molar-refractivity contribution in [3.05, 3.63) is 151 Å². The molecular weight excluding hydrogens is 538 g/mol. The summed E-state index contributed by atoms with van der Waals surface area (Å²) in [4.78, 5) is 14.2. The number of fused-ring (bicyclic) bond motifs is 6. The first kappa shape index (κ1) is 14.4. The molecule has 0 aliphatic carbocycles. The van der Waals surface area contributed by atoms with Crippen LogP contribution in [0.2, 0.25) is 0 Å². The van der Waals surface area contributed by atoms with Crippen molar-refractivity contribution in [2.24, 2.45) is 0 Å². The number of hydrogen-bond donors (Lipinski definition) is 0. The Morgan fingerprint density at radius 3 is 2.05 bits per heavy atom. The molecule has 0 N–H and O–H groups in total. The highest BCUT2D eigenvalue weighted by Gasteiger charge is 2.20. The summed E-state index contributed by atoms with van der Waals surface area (Å²) in [6.07, 6.45) is 1.68. The van der Waals surface area contributed by atoms with Crippen LogP contribution in [0.5, 0.6) is 0 Å². The van der Waals surface area contributed by atoms with Gasteiger partial charge in [-0.25, -0.2) is 9.97 Å². The van der Waals surface area contributed by atoms with Gasteiger partial charge in [0.15, 0.2) is 5.82 Å². The van der Waals surface area contributed by atoms with Crippen molar-refractivity contribution < 1.29 is 19.2 Å². The number of hydrogen-bond acceptors (Lipinski definition) is 3. The average Bonchev–Trinajstić information content (AvgIpc) is 3.77. The van der Waals surface area contributed by atoms with Crippen LogP contribution in [0, 0.1) is 0 Å². The molecule has 5 nitrogen and oxygen atoms in total. The van der Waals surface area contributed by atoms with E-state index < -0.39 is 102 Å². The summed E-state index contributed by atoms with van der Waals surface area (Å²) < 4.78 is 126. The third-order valence-corrected chi connectivity index (χ3v) is 7.45. The van der Waals surface area contributed by atoms with Crippen molar-refractivity contribution >= 4 is 43.7 Å². The Morgan fingerprint density at radius 2 is 1.23 bits per heavy atom. The third-order valence-electron chi connectivity index (χ3n) is 7.45. The van der Waals surface area contributed by atoms with Crippen molar-refractivity contribution in [1.82, 2.24) is 24.1 Å². The summed E-state index contributed by atoms with van der Waals surface area (Å²) in [7, 11) is 0. The van der Waals surface area contributed by atoms with Crippen LogP contribution in [0.1, 0.15) is 19.2 Å². The van der Waals surface area contributed by atoms with E-state index in [4.69, 9.17) is 27.8 Å². The molecule has 5 heteroatoms. The fourth-order valence-corrected chi connectivity index (χ4v) is 5.64. The van der Waals surface area contributed by atoms with E-state index in [0.717, 1.165) is 15.5 Å². The molecule has 0 spiro atoms. The molecule has 0 aliphatic rings. The van der Waals surface area contributed by atoms with Crippen LogP contribution in [-0.4, -0.2) is 24.1 Å². The minimum Gasteiger partial charge on any atom is -0.307 e. The van der Waals surface area contributed by atoms with Crippen molar-refractivity contribution in [2.45, 2.75) is 0 Å². The standard InChI is InChI=1S/C39H25N5/c1-2-13-26(14-3-1)31-25-37(44-32-19-8-4-15-27(32)28-16-5-9-20-33(28)44)42-39(41-31)30-18-7-11-22-35(30)43-34-21-10-6-17-29(34)38-36(43)23-12-24-40-38/h1-25H/i1D,2D,3D,4D,5D,8D,9D,13D,14D,15D,16D,19D,20D,25D. The zero-order valence-corrected chi connectivity index (χ0v) is 22.6. The van der Waals surface area contributed by atoms with Crippen LogP contribution in [0.25, 0.3) is 77.9 Å². The second-order valence-corrected chi connectivity index (χ2v) is 9.87. The molecule has 5 aromatic carbocycles. The van der Waals surface area contributed by atoms with Crippen LogP contribution in [-0.2, 0) is 0 Å². The molecule has 0 bridgehead atoms. The topological polar surface area (TPSA) is 48.5 Å². The molecule has 0 fully saturated rings. The van der Waals surface area contributed by atoms with Gasteiger partial charge in [-0.2, -0.15) is 0 Å². The first-order valence-electron chi connectivity index (χ1n) is 20.6. The van der Waals surface area contributed by atoms with Crippen LogP contribution in [0.15, 0.2) is 151 Å². The first-order chi connectivity index (χ1) is 27.7. The highest BCUT2D eigenvalue weighted by atomic mass is 15.1. The SMILES string of the molecule is [2H]c1c(-c2c([2H])c([2H])c([2H])c([2H])c2[2H])nc(-c2ccccc2-n2c3ccccc3c3ncccc32)nc1-n1c2c([2H])c([2H])c([2H])c([2H])c2c2c([2H])c([2H])c([2H])c([2H])c21. The minimum absolute atomic E-state index is 0.144. The molecule has 0 unspecified atom stereocenters. The number of aromatic nitrogens is 5. The van der Waals surface area contributed by atoms with E-state index in [1.807, 2.05) is 34.9 Å². The molecule has 0 radical (unpaired) electrons. The van der Waals surface area contributed by atoms with E-state index in [1.54, 1.807) is 36.5 Å². The van der Waals surface area contributed by atoms with Crippen molar-refractivity contribution in [2.75, 3.05) is 0 Å². The predicted octanol–water partition coefficient (Wildman–Crippen LogP) is 9.40. The van der Waals surface area contributed by atoms with Gasteiger partial charge in [0.2, 0.25) is 0 Å². The van der Waals surface area contributed by atoms with Gasteiger partial charge >= 0.3 is 0 Å². The number of nitrogens with zero attached hydrogens (tertiary/aromatic N) is 5. The Bertz CT molecular complexity index is 3140. The first-order valence-corrected chi connectivity index (χ1v) is 13.6. The van der Waals surface area contributed by atoms with Gasteiger partial charge in [0.25, 0.3) is 0 Å². The van der Waals surface area contributed by atoms with E-state index in [9.17, 15) is 1.37 Å². The average molecular weight is 578 g/mol. The summed E-state index contributed by atoms with van der Waals surface area (Å²) in [5, 5.41) is 0.328. The summed E-state index contributed by atoms with van der Waals surface area (Å²) in [6.45, 7) is 0. The van der Waals surface area contributed by atoms with Gasteiger partial charge in [-0.1, -0.05) is 96.8 Å². The molecule has 0 saturated heterocycles. The number of para-hydroxylation sites is 4. The number of pyridine rings is 1. The monoisotopic (exact) mass is 577 g/mol. The van der Waals surface area contributed by atoms with Crippen molar-refractivity contribution in [1.29, 1.82) is 0 Å². The number of rotatable bonds is 4. The Labute approximate surface area is 273 Å².